The highest BCUT2D eigenvalue weighted by molar-refractivity contribution is 5.81. The fraction of sp³-hybridized carbons (Fsp3) is 0.348. The molecule has 1 N–H and O–H groups in total. The van der Waals surface area contributed by atoms with E-state index in [1.54, 1.807) is 13.1 Å². The van der Waals surface area contributed by atoms with Gasteiger partial charge in [0.15, 0.2) is 12.8 Å². The van der Waals surface area contributed by atoms with Crippen molar-refractivity contribution in [3.05, 3.63) is 71.0 Å². The van der Waals surface area contributed by atoms with Gasteiger partial charge < -0.3 is 19.7 Å². The number of halogens is 1. The van der Waals surface area contributed by atoms with Crippen LogP contribution in [0, 0.1) is 5.82 Å². The van der Waals surface area contributed by atoms with Crippen LogP contribution in [0.3, 0.4) is 0 Å². The third-order valence-corrected chi connectivity index (χ3v) is 5.29. The Morgan fingerprint density at radius 3 is 2.86 bits per heavy atom. The third kappa shape index (κ3) is 4.59. The zero-order chi connectivity index (χ0) is 20.1. The summed E-state index contributed by atoms with van der Waals surface area (Å²) < 4.78 is 24.8. The predicted octanol–water partition coefficient (Wildman–Crippen LogP) is 3.60. The zero-order valence-corrected chi connectivity index (χ0v) is 16.7. The Hall–Kier alpha value is -2.86. The molecule has 2 aromatic carbocycles. The molecule has 2 aliphatic heterocycles. The minimum Gasteiger partial charge on any atom is -0.467 e. The largest absolute Gasteiger partial charge is 0.467 e. The number of fused-ring (bicyclic) bond motifs is 1. The number of hydrogen-bond acceptors (Lipinski definition) is 3. The van der Waals surface area contributed by atoms with Crippen LogP contribution in [0.5, 0.6) is 5.75 Å². The highest BCUT2D eigenvalue weighted by Gasteiger charge is 2.18. The summed E-state index contributed by atoms with van der Waals surface area (Å²) in [6.07, 6.45) is 3.90. The molecule has 2 heterocycles. The van der Waals surface area contributed by atoms with E-state index in [1.807, 2.05) is 6.07 Å². The molecular weight excluding hydrogens is 369 g/mol. The van der Waals surface area contributed by atoms with E-state index in [4.69, 9.17) is 9.47 Å². The lowest BCUT2D eigenvalue weighted by Crippen LogP contribution is -2.44. The van der Waals surface area contributed by atoms with Gasteiger partial charge in [-0.15, -0.1) is 0 Å². The Labute approximate surface area is 170 Å². The highest BCUT2D eigenvalue weighted by atomic mass is 19.1. The lowest BCUT2D eigenvalue weighted by molar-refractivity contribution is -0.0172. The quantitative estimate of drug-likeness (QED) is 0.635. The van der Waals surface area contributed by atoms with E-state index in [2.05, 4.69) is 45.6 Å². The van der Waals surface area contributed by atoms with Crippen LogP contribution in [-0.2, 0) is 17.8 Å². The summed E-state index contributed by atoms with van der Waals surface area (Å²) in [5, 5.41) is 3.41. The van der Waals surface area contributed by atoms with Gasteiger partial charge in [0.2, 0.25) is 0 Å². The molecule has 4 rings (SSSR count). The van der Waals surface area contributed by atoms with Crippen molar-refractivity contribution in [2.75, 3.05) is 33.5 Å². The molecular formula is C23H26FN3O2. The molecule has 0 radical (unpaired) electrons. The summed E-state index contributed by atoms with van der Waals surface area (Å²) in [4.78, 5) is 6.66. The lowest BCUT2D eigenvalue weighted by Gasteiger charge is -2.30. The molecule has 0 saturated heterocycles. The molecule has 0 amide bonds. The normalized spacial score (nSPS) is 16.7. The van der Waals surface area contributed by atoms with Crippen LogP contribution in [0.15, 0.2) is 53.5 Å². The standard InChI is InChI=1S/C23H26FN3O2/c1-25-23(27-11-8-18(9-12-27)17-5-3-2-4-6-17)26-10-7-19-13-21(24)14-20-15-28-16-29-22(19)20/h2-6,8,13-14H,7,9-12,15-16H2,1H3,(H,25,26). The monoisotopic (exact) mass is 395 g/mol. The van der Waals surface area contributed by atoms with Crippen molar-refractivity contribution in [1.82, 2.24) is 10.2 Å². The van der Waals surface area contributed by atoms with Crippen LogP contribution in [0.1, 0.15) is 23.1 Å². The molecule has 0 unspecified atom stereocenters. The number of nitrogens with one attached hydrogen (secondary N) is 1. The smallest absolute Gasteiger partial charge is 0.193 e. The number of benzene rings is 2. The van der Waals surface area contributed by atoms with Crippen molar-refractivity contribution in [3.8, 4) is 5.75 Å². The topological polar surface area (TPSA) is 46.1 Å². The molecule has 0 aromatic heterocycles. The van der Waals surface area contributed by atoms with E-state index in [0.717, 1.165) is 42.3 Å². The molecule has 0 aliphatic carbocycles. The fourth-order valence-electron chi connectivity index (χ4n) is 3.86. The maximum atomic E-state index is 13.9. The second-order valence-corrected chi connectivity index (χ2v) is 7.18. The number of guanidine groups is 1. The summed E-state index contributed by atoms with van der Waals surface area (Å²) in [5.74, 6) is 1.36. The van der Waals surface area contributed by atoms with Crippen LogP contribution in [0.4, 0.5) is 4.39 Å². The van der Waals surface area contributed by atoms with Crippen molar-refractivity contribution >= 4 is 11.5 Å². The Bertz CT molecular complexity index is 912. The molecule has 29 heavy (non-hydrogen) atoms. The van der Waals surface area contributed by atoms with E-state index in [1.165, 1.54) is 17.2 Å². The van der Waals surface area contributed by atoms with Crippen molar-refractivity contribution < 1.29 is 13.9 Å². The van der Waals surface area contributed by atoms with Crippen molar-refractivity contribution in [2.45, 2.75) is 19.4 Å². The van der Waals surface area contributed by atoms with Gasteiger partial charge >= 0.3 is 0 Å². The van der Waals surface area contributed by atoms with Crippen LogP contribution < -0.4 is 10.1 Å². The first kappa shape index (κ1) is 19.5. The van der Waals surface area contributed by atoms with Gasteiger partial charge in [-0.3, -0.25) is 4.99 Å². The van der Waals surface area contributed by atoms with Gasteiger partial charge in [-0.05, 0) is 41.7 Å². The van der Waals surface area contributed by atoms with Crippen molar-refractivity contribution in [1.29, 1.82) is 0 Å². The SMILES string of the molecule is CN=C(NCCc1cc(F)cc2c1OCOC2)N1CC=C(c2ccccc2)CC1. The summed E-state index contributed by atoms with van der Waals surface area (Å²) >= 11 is 0. The van der Waals surface area contributed by atoms with E-state index >= 15 is 0 Å². The molecule has 6 heteroatoms. The van der Waals surface area contributed by atoms with E-state index < -0.39 is 0 Å². The number of nitrogens with zero attached hydrogens (tertiary/aromatic N) is 2. The molecule has 2 aromatic rings. The van der Waals surface area contributed by atoms with Gasteiger partial charge in [0.25, 0.3) is 0 Å². The van der Waals surface area contributed by atoms with Crippen LogP contribution >= 0.6 is 0 Å². The van der Waals surface area contributed by atoms with Crippen LogP contribution in [0.25, 0.3) is 5.57 Å². The third-order valence-electron chi connectivity index (χ3n) is 5.29. The molecule has 0 atom stereocenters. The van der Waals surface area contributed by atoms with Gasteiger partial charge in [-0.25, -0.2) is 4.39 Å². The molecule has 0 saturated carbocycles. The van der Waals surface area contributed by atoms with E-state index in [0.29, 0.717) is 19.6 Å². The zero-order valence-electron chi connectivity index (χ0n) is 16.7. The minimum atomic E-state index is -0.258. The molecule has 0 spiro atoms. The van der Waals surface area contributed by atoms with Gasteiger partial charge in [0.05, 0.1) is 6.61 Å². The number of aliphatic imine (C=N–C) groups is 1. The summed E-state index contributed by atoms with van der Waals surface area (Å²) in [7, 11) is 1.79. The second kappa shape index (κ2) is 9.09. The molecule has 0 bridgehead atoms. The van der Waals surface area contributed by atoms with E-state index in [9.17, 15) is 4.39 Å². The Morgan fingerprint density at radius 1 is 1.24 bits per heavy atom. The lowest BCUT2D eigenvalue weighted by atomic mass is 10.00. The Balaban J connectivity index is 1.35. The summed E-state index contributed by atoms with van der Waals surface area (Å²) in [5.41, 5.74) is 4.29. The number of ether oxygens (including phenoxy) is 2. The maximum Gasteiger partial charge on any atom is 0.193 e. The van der Waals surface area contributed by atoms with Gasteiger partial charge in [-0.1, -0.05) is 36.4 Å². The van der Waals surface area contributed by atoms with Crippen LogP contribution in [-0.4, -0.2) is 44.3 Å². The first-order valence-corrected chi connectivity index (χ1v) is 9.96. The van der Waals surface area contributed by atoms with E-state index in [-0.39, 0.29) is 12.6 Å². The number of rotatable bonds is 4. The average Bonchev–Trinajstić information content (AvgIpc) is 2.77. The summed E-state index contributed by atoms with van der Waals surface area (Å²) in [6, 6.07) is 13.5. The predicted molar refractivity (Wildman–Crippen MR) is 112 cm³/mol. The van der Waals surface area contributed by atoms with Gasteiger partial charge in [0.1, 0.15) is 11.6 Å². The van der Waals surface area contributed by atoms with Crippen molar-refractivity contribution in [3.63, 3.8) is 0 Å². The van der Waals surface area contributed by atoms with Gasteiger partial charge in [0, 0.05) is 32.2 Å². The minimum absolute atomic E-state index is 0.213. The first-order chi connectivity index (χ1) is 14.2. The molecule has 0 fully saturated rings. The van der Waals surface area contributed by atoms with Crippen LogP contribution in [0.2, 0.25) is 0 Å². The first-order valence-electron chi connectivity index (χ1n) is 9.96. The summed E-state index contributed by atoms with van der Waals surface area (Å²) in [6.45, 7) is 2.98. The Kier molecular flexibility index (Phi) is 6.10. The maximum absolute atomic E-state index is 13.9. The second-order valence-electron chi connectivity index (χ2n) is 7.18. The highest BCUT2D eigenvalue weighted by Crippen LogP contribution is 2.29. The molecule has 2 aliphatic rings. The van der Waals surface area contributed by atoms with Crippen molar-refractivity contribution in [2.24, 2.45) is 4.99 Å². The molecule has 152 valence electrons. The average molecular weight is 395 g/mol. The fourth-order valence-corrected chi connectivity index (χ4v) is 3.86. The Morgan fingerprint density at radius 2 is 2.10 bits per heavy atom. The number of hydrogen-bond donors (Lipinski definition) is 1. The molecule has 5 nitrogen and oxygen atoms in total. The van der Waals surface area contributed by atoms with Gasteiger partial charge in [-0.2, -0.15) is 0 Å².